The number of amides is 2. The summed E-state index contributed by atoms with van der Waals surface area (Å²) in [5.74, 6) is 2.85. The van der Waals surface area contributed by atoms with E-state index >= 15 is 0 Å². The van der Waals surface area contributed by atoms with Crippen molar-refractivity contribution in [2.75, 3.05) is 51.0 Å². The Morgan fingerprint density at radius 3 is 2.08 bits per heavy atom. The molecule has 2 aromatic carbocycles. The summed E-state index contributed by atoms with van der Waals surface area (Å²) in [6.07, 6.45) is 0.163. The van der Waals surface area contributed by atoms with Gasteiger partial charge in [-0.1, -0.05) is 11.6 Å². The molecule has 0 aliphatic heterocycles. The van der Waals surface area contributed by atoms with Gasteiger partial charge >= 0.3 is 0 Å². The van der Waals surface area contributed by atoms with Crippen LogP contribution in [0.1, 0.15) is 18.1 Å². The van der Waals surface area contributed by atoms with Gasteiger partial charge in [-0.2, -0.15) is 0 Å². The summed E-state index contributed by atoms with van der Waals surface area (Å²) in [6, 6.07) is 12.6. The summed E-state index contributed by atoms with van der Waals surface area (Å²) in [6.45, 7) is 5.17. The number of aromatic nitrogens is 2. The summed E-state index contributed by atoms with van der Waals surface area (Å²) in [7, 11) is 3.15. The second kappa shape index (κ2) is 14.0. The first kappa shape index (κ1) is 28.5. The van der Waals surface area contributed by atoms with Crippen LogP contribution in [-0.4, -0.2) is 62.2 Å². The summed E-state index contributed by atoms with van der Waals surface area (Å²) in [5, 5.41) is 12.9. The molecule has 0 unspecified atom stereocenters. The van der Waals surface area contributed by atoms with Crippen LogP contribution in [0.2, 0.25) is 5.02 Å². The SMILES string of the molecule is COc1ccc(OC)c(CC(=O)NCCNc2nc(-c3ccc(Cl)cc3)nc(NCCNC(C)=O)c2C)c1. The van der Waals surface area contributed by atoms with E-state index in [4.69, 9.17) is 26.1 Å². The monoisotopic (exact) mass is 540 g/mol. The number of halogens is 1. The zero-order valence-corrected chi connectivity index (χ0v) is 22.7. The fourth-order valence-corrected chi connectivity index (χ4v) is 3.77. The summed E-state index contributed by atoms with van der Waals surface area (Å²) < 4.78 is 10.6. The quantitative estimate of drug-likeness (QED) is 0.243. The number of benzene rings is 2. The third-order valence-electron chi connectivity index (χ3n) is 5.62. The van der Waals surface area contributed by atoms with E-state index in [-0.39, 0.29) is 18.2 Å². The second-order valence-corrected chi connectivity index (χ2v) is 8.85. The molecule has 0 radical (unpaired) electrons. The predicted molar refractivity (Wildman–Crippen MR) is 149 cm³/mol. The molecular weight excluding hydrogens is 508 g/mol. The molecule has 0 fully saturated rings. The van der Waals surface area contributed by atoms with Crippen LogP contribution in [0.5, 0.6) is 11.5 Å². The summed E-state index contributed by atoms with van der Waals surface area (Å²) in [5.41, 5.74) is 2.37. The molecule has 1 heterocycles. The van der Waals surface area contributed by atoms with Gasteiger partial charge in [-0.05, 0) is 49.4 Å². The molecule has 1 aromatic heterocycles. The number of carbonyl (C=O) groups is 2. The molecule has 4 N–H and O–H groups in total. The van der Waals surface area contributed by atoms with Crippen LogP contribution in [0, 0.1) is 6.92 Å². The third kappa shape index (κ3) is 8.24. The highest BCUT2D eigenvalue weighted by Crippen LogP contribution is 2.26. The number of nitrogens with zero attached hydrogens (tertiary/aromatic N) is 2. The zero-order chi connectivity index (χ0) is 27.5. The van der Waals surface area contributed by atoms with Crippen LogP contribution in [0.3, 0.4) is 0 Å². The highest BCUT2D eigenvalue weighted by molar-refractivity contribution is 6.30. The number of hydrogen-bond acceptors (Lipinski definition) is 8. The molecule has 3 rings (SSSR count). The van der Waals surface area contributed by atoms with Crippen molar-refractivity contribution >= 4 is 35.1 Å². The van der Waals surface area contributed by atoms with E-state index < -0.39 is 0 Å². The van der Waals surface area contributed by atoms with Gasteiger partial charge in [0.15, 0.2) is 5.82 Å². The summed E-state index contributed by atoms with van der Waals surface area (Å²) >= 11 is 6.04. The van der Waals surface area contributed by atoms with E-state index in [0.717, 1.165) is 16.7 Å². The molecule has 2 amide bonds. The van der Waals surface area contributed by atoms with E-state index in [2.05, 4.69) is 26.3 Å². The van der Waals surface area contributed by atoms with Crippen molar-refractivity contribution in [2.45, 2.75) is 20.3 Å². The molecule has 0 saturated heterocycles. The molecule has 38 heavy (non-hydrogen) atoms. The fraction of sp³-hybridized carbons (Fsp3) is 0.333. The average molecular weight is 541 g/mol. The number of carbonyl (C=O) groups excluding carboxylic acids is 2. The molecule has 0 atom stereocenters. The van der Waals surface area contributed by atoms with Crippen molar-refractivity contribution in [3.05, 3.63) is 58.6 Å². The summed E-state index contributed by atoms with van der Waals surface area (Å²) in [4.78, 5) is 33.1. The van der Waals surface area contributed by atoms with E-state index in [1.54, 1.807) is 44.6 Å². The minimum Gasteiger partial charge on any atom is -0.497 e. The molecule has 3 aromatic rings. The first-order chi connectivity index (χ1) is 18.3. The normalized spacial score (nSPS) is 10.4. The van der Waals surface area contributed by atoms with Crippen molar-refractivity contribution in [1.29, 1.82) is 0 Å². The molecule has 10 nitrogen and oxygen atoms in total. The second-order valence-electron chi connectivity index (χ2n) is 8.42. The van der Waals surface area contributed by atoms with Crippen LogP contribution in [0.4, 0.5) is 11.6 Å². The lowest BCUT2D eigenvalue weighted by molar-refractivity contribution is -0.120. The van der Waals surface area contributed by atoms with Crippen LogP contribution in [-0.2, 0) is 16.0 Å². The zero-order valence-electron chi connectivity index (χ0n) is 22.0. The average Bonchev–Trinajstić information content (AvgIpc) is 2.90. The van der Waals surface area contributed by atoms with Crippen molar-refractivity contribution < 1.29 is 19.1 Å². The number of nitrogens with one attached hydrogen (secondary N) is 4. The van der Waals surface area contributed by atoms with Crippen molar-refractivity contribution in [2.24, 2.45) is 0 Å². The van der Waals surface area contributed by atoms with Crippen LogP contribution >= 0.6 is 11.6 Å². The van der Waals surface area contributed by atoms with Crippen molar-refractivity contribution in [3.8, 4) is 22.9 Å². The largest absolute Gasteiger partial charge is 0.497 e. The molecule has 0 bridgehead atoms. The molecule has 202 valence electrons. The maximum atomic E-state index is 12.6. The lowest BCUT2D eigenvalue weighted by atomic mass is 10.1. The van der Waals surface area contributed by atoms with Crippen LogP contribution in [0.15, 0.2) is 42.5 Å². The molecule has 0 aliphatic rings. The molecule has 0 aliphatic carbocycles. The van der Waals surface area contributed by atoms with Crippen molar-refractivity contribution in [3.63, 3.8) is 0 Å². The molecule has 0 spiro atoms. The van der Waals surface area contributed by atoms with Gasteiger partial charge in [0.05, 0.1) is 20.6 Å². The highest BCUT2D eigenvalue weighted by Gasteiger charge is 2.13. The Labute approximate surface area is 227 Å². The topological polar surface area (TPSA) is 126 Å². The van der Waals surface area contributed by atoms with E-state index in [9.17, 15) is 9.59 Å². The first-order valence-corrected chi connectivity index (χ1v) is 12.5. The van der Waals surface area contributed by atoms with E-state index in [1.807, 2.05) is 19.1 Å². The number of methoxy groups -OCH3 is 2. The molecule has 11 heteroatoms. The maximum Gasteiger partial charge on any atom is 0.224 e. The van der Waals surface area contributed by atoms with Crippen molar-refractivity contribution in [1.82, 2.24) is 20.6 Å². The fourth-order valence-electron chi connectivity index (χ4n) is 3.65. The molecule has 0 saturated carbocycles. The molecular formula is C27H33ClN6O4. The van der Waals surface area contributed by atoms with Gasteiger partial charge in [0.1, 0.15) is 23.1 Å². The minimum absolute atomic E-state index is 0.0951. The van der Waals surface area contributed by atoms with Gasteiger partial charge in [-0.15, -0.1) is 0 Å². The standard InChI is InChI=1S/C27H33ClN6O4/c1-17-25(31-13-11-29-18(2)35)33-27(19-5-7-21(28)8-6-19)34-26(17)32-14-12-30-24(36)16-20-15-22(37-3)9-10-23(20)38-4/h5-10,15H,11-14,16H2,1-4H3,(H,29,35)(H,30,36)(H2,31,32,33,34). The number of rotatable bonds is 13. The van der Waals surface area contributed by atoms with Gasteiger partial charge in [0.2, 0.25) is 11.8 Å². The van der Waals surface area contributed by atoms with Crippen LogP contribution in [0.25, 0.3) is 11.4 Å². The van der Waals surface area contributed by atoms with Gasteiger partial charge in [-0.25, -0.2) is 9.97 Å². The van der Waals surface area contributed by atoms with E-state index in [1.165, 1.54) is 6.92 Å². The third-order valence-corrected chi connectivity index (χ3v) is 5.87. The Hall–Kier alpha value is -4.05. The van der Waals surface area contributed by atoms with E-state index in [0.29, 0.717) is 60.2 Å². The Bertz CT molecular complexity index is 1250. The Kier molecular flexibility index (Phi) is 10.5. The number of ether oxygens (including phenoxy) is 2. The Morgan fingerprint density at radius 1 is 0.868 bits per heavy atom. The smallest absolute Gasteiger partial charge is 0.224 e. The maximum absolute atomic E-state index is 12.6. The lowest BCUT2D eigenvalue weighted by Gasteiger charge is -2.16. The Morgan fingerprint density at radius 2 is 1.50 bits per heavy atom. The lowest BCUT2D eigenvalue weighted by Crippen LogP contribution is -2.30. The van der Waals surface area contributed by atoms with Gasteiger partial charge in [0.25, 0.3) is 0 Å². The van der Waals surface area contributed by atoms with Gasteiger partial charge in [-0.3, -0.25) is 9.59 Å². The minimum atomic E-state index is -0.139. The number of anilines is 2. The highest BCUT2D eigenvalue weighted by atomic mass is 35.5. The van der Waals surface area contributed by atoms with Gasteiger partial charge in [0, 0.05) is 54.8 Å². The van der Waals surface area contributed by atoms with Crippen LogP contribution < -0.4 is 30.7 Å². The predicted octanol–water partition coefficient (Wildman–Crippen LogP) is 3.44. The van der Waals surface area contributed by atoms with Gasteiger partial charge < -0.3 is 30.7 Å². The Balaban J connectivity index is 1.66. The first-order valence-electron chi connectivity index (χ1n) is 12.1. The number of hydrogen-bond donors (Lipinski definition) is 4.